The van der Waals surface area contributed by atoms with Crippen LogP contribution in [0.25, 0.3) is 11.0 Å². The number of imidazole rings is 1. The number of H-pyrrole nitrogens is 1. The molecule has 0 fully saturated rings. The molecule has 0 saturated heterocycles. The van der Waals surface area contributed by atoms with Gasteiger partial charge in [0.15, 0.2) is 5.16 Å². The van der Waals surface area contributed by atoms with Gasteiger partial charge in [0, 0.05) is 4.47 Å². The minimum atomic E-state index is -1.06. The fraction of sp³-hybridized carbons (Fsp3) is 0.273. The normalized spacial score (nSPS) is 12.8. The molecule has 1 atom stereocenters. The Morgan fingerprint density at radius 2 is 2.41 bits per heavy atom. The lowest BCUT2D eigenvalue weighted by molar-refractivity contribution is -0.304. The van der Waals surface area contributed by atoms with E-state index in [9.17, 15) is 9.90 Å². The first kappa shape index (κ1) is 12.4. The maximum absolute atomic E-state index is 10.8. The van der Waals surface area contributed by atoms with Gasteiger partial charge in [0.05, 0.1) is 22.3 Å². The van der Waals surface area contributed by atoms with Gasteiger partial charge in [-0.2, -0.15) is 0 Å². The highest BCUT2D eigenvalue weighted by Crippen LogP contribution is 2.26. The lowest BCUT2D eigenvalue weighted by Gasteiger charge is -2.12. The van der Waals surface area contributed by atoms with E-state index < -0.39 is 11.2 Å². The highest BCUT2D eigenvalue weighted by molar-refractivity contribution is 9.10. The number of carboxylic acids is 1. The molecule has 0 aliphatic rings. The maximum Gasteiger partial charge on any atom is 0.167 e. The maximum atomic E-state index is 10.8. The Morgan fingerprint density at radius 1 is 1.65 bits per heavy atom. The number of aromatic nitrogens is 2. The summed E-state index contributed by atoms with van der Waals surface area (Å²) in [6.45, 7) is 1.81. The van der Waals surface area contributed by atoms with Crippen LogP contribution in [0.1, 0.15) is 13.3 Å². The third kappa shape index (κ3) is 2.81. The Balaban J connectivity index is 2.27. The summed E-state index contributed by atoms with van der Waals surface area (Å²) in [6, 6.07) is 5.68. The first-order valence-corrected chi connectivity index (χ1v) is 6.80. The molecule has 0 saturated carbocycles. The molecule has 0 aliphatic carbocycles. The fourth-order valence-corrected chi connectivity index (χ4v) is 2.66. The van der Waals surface area contributed by atoms with Crippen molar-refractivity contribution >= 4 is 44.7 Å². The summed E-state index contributed by atoms with van der Waals surface area (Å²) >= 11 is 4.56. The predicted molar refractivity (Wildman–Crippen MR) is 68.7 cm³/mol. The summed E-state index contributed by atoms with van der Waals surface area (Å²) in [7, 11) is 0. The Morgan fingerprint density at radius 3 is 3.06 bits per heavy atom. The van der Waals surface area contributed by atoms with Crippen LogP contribution in [0.2, 0.25) is 0 Å². The number of rotatable bonds is 4. The lowest BCUT2D eigenvalue weighted by atomic mass is 10.3. The molecule has 0 aliphatic heterocycles. The van der Waals surface area contributed by atoms with Crippen LogP contribution in [-0.2, 0) is 4.79 Å². The summed E-state index contributed by atoms with van der Waals surface area (Å²) in [6.07, 6.45) is 0.508. The van der Waals surface area contributed by atoms with Gasteiger partial charge >= 0.3 is 0 Å². The van der Waals surface area contributed by atoms with E-state index in [0.717, 1.165) is 15.5 Å². The molecule has 1 heterocycles. The van der Waals surface area contributed by atoms with E-state index in [1.54, 1.807) is 0 Å². The van der Waals surface area contributed by atoms with Gasteiger partial charge in [-0.1, -0.05) is 34.6 Å². The largest absolute Gasteiger partial charge is 0.549 e. The van der Waals surface area contributed by atoms with Gasteiger partial charge in [0.1, 0.15) is 0 Å². The number of aliphatic carboxylic acids is 1. The SMILES string of the molecule is CCC(Sc1nc2ccc(Br)cc2[nH]1)C(=O)[O-]. The minimum Gasteiger partial charge on any atom is -0.549 e. The number of nitrogens with zero attached hydrogens (tertiary/aromatic N) is 1. The quantitative estimate of drug-likeness (QED) is 0.876. The van der Waals surface area contributed by atoms with E-state index in [1.807, 2.05) is 25.1 Å². The summed E-state index contributed by atoms with van der Waals surface area (Å²) in [5, 5.41) is 10.9. The van der Waals surface area contributed by atoms with Gasteiger partial charge in [-0.3, -0.25) is 0 Å². The van der Waals surface area contributed by atoms with Gasteiger partial charge in [-0.05, 0) is 24.6 Å². The number of halogens is 1. The highest BCUT2D eigenvalue weighted by atomic mass is 79.9. The van der Waals surface area contributed by atoms with Crippen LogP contribution in [-0.4, -0.2) is 21.2 Å². The molecule has 0 radical (unpaired) electrons. The molecular weight excluding hydrogens is 304 g/mol. The number of thioether (sulfide) groups is 1. The number of carboxylic acid groups (broad SMARTS) is 1. The van der Waals surface area contributed by atoms with Crippen LogP contribution < -0.4 is 5.11 Å². The molecule has 1 unspecified atom stereocenters. The topological polar surface area (TPSA) is 68.8 Å². The second-order valence-electron chi connectivity index (χ2n) is 3.54. The summed E-state index contributed by atoms with van der Waals surface area (Å²) in [4.78, 5) is 18.2. The van der Waals surface area contributed by atoms with Crippen molar-refractivity contribution in [3.8, 4) is 0 Å². The summed E-state index contributed by atoms with van der Waals surface area (Å²) < 4.78 is 0.956. The number of benzene rings is 1. The molecule has 2 rings (SSSR count). The van der Waals surface area contributed by atoms with Crippen LogP contribution in [0.3, 0.4) is 0 Å². The zero-order valence-corrected chi connectivity index (χ0v) is 11.5. The second kappa shape index (κ2) is 5.10. The zero-order chi connectivity index (χ0) is 12.4. The van der Waals surface area contributed by atoms with Gasteiger partial charge < -0.3 is 14.9 Å². The first-order valence-electron chi connectivity index (χ1n) is 5.13. The van der Waals surface area contributed by atoms with Gasteiger partial charge in [-0.15, -0.1) is 0 Å². The standard InChI is InChI=1S/C11H11BrN2O2S/c1-2-9(10(15)16)17-11-13-7-4-3-6(12)5-8(7)14-11/h3-5,9H,2H2,1H3,(H,13,14)(H,15,16)/p-1. The molecular formula is C11H10BrN2O2S-. The molecule has 0 bridgehead atoms. The second-order valence-corrected chi connectivity index (χ2v) is 5.64. The lowest BCUT2D eigenvalue weighted by Crippen LogP contribution is -2.33. The van der Waals surface area contributed by atoms with Crippen molar-refractivity contribution in [3.63, 3.8) is 0 Å². The van der Waals surface area contributed by atoms with Crippen molar-refractivity contribution in [3.05, 3.63) is 22.7 Å². The highest BCUT2D eigenvalue weighted by Gasteiger charge is 2.12. The third-order valence-electron chi connectivity index (χ3n) is 2.31. The average Bonchev–Trinajstić information content (AvgIpc) is 2.66. The van der Waals surface area contributed by atoms with Crippen LogP contribution in [0.4, 0.5) is 0 Å². The molecule has 17 heavy (non-hydrogen) atoms. The van der Waals surface area contributed by atoms with E-state index in [2.05, 4.69) is 25.9 Å². The fourth-order valence-electron chi connectivity index (χ4n) is 1.45. The van der Waals surface area contributed by atoms with Crippen molar-refractivity contribution in [2.75, 3.05) is 0 Å². The molecule has 1 aromatic carbocycles. The number of carbonyl (C=O) groups excluding carboxylic acids is 1. The Labute approximate surface area is 111 Å². The van der Waals surface area contributed by atoms with E-state index in [1.165, 1.54) is 11.8 Å². The van der Waals surface area contributed by atoms with Gasteiger partial charge in [0.2, 0.25) is 0 Å². The van der Waals surface area contributed by atoms with Crippen molar-refractivity contribution in [1.29, 1.82) is 0 Å². The van der Waals surface area contributed by atoms with Crippen molar-refractivity contribution in [1.82, 2.24) is 9.97 Å². The van der Waals surface area contributed by atoms with Crippen LogP contribution in [0.5, 0.6) is 0 Å². The molecule has 0 amide bonds. The van der Waals surface area contributed by atoms with E-state index in [0.29, 0.717) is 11.6 Å². The van der Waals surface area contributed by atoms with Crippen molar-refractivity contribution in [2.45, 2.75) is 23.8 Å². The van der Waals surface area contributed by atoms with Crippen molar-refractivity contribution in [2.24, 2.45) is 0 Å². The van der Waals surface area contributed by atoms with Crippen molar-refractivity contribution < 1.29 is 9.90 Å². The van der Waals surface area contributed by atoms with E-state index in [4.69, 9.17) is 0 Å². The molecule has 0 spiro atoms. The molecule has 6 heteroatoms. The smallest absolute Gasteiger partial charge is 0.167 e. The number of carbonyl (C=O) groups is 1. The number of nitrogens with one attached hydrogen (secondary N) is 1. The molecule has 90 valence electrons. The average molecular weight is 314 g/mol. The van der Waals surface area contributed by atoms with Gasteiger partial charge in [0.25, 0.3) is 0 Å². The predicted octanol–water partition coefficient (Wildman–Crippen LogP) is 1.95. The molecule has 1 N–H and O–H groups in total. The molecule has 1 aromatic heterocycles. The number of hydrogen-bond donors (Lipinski definition) is 1. The first-order chi connectivity index (χ1) is 8.10. The Bertz CT molecular complexity index is 555. The summed E-state index contributed by atoms with van der Waals surface area (Å²) in [5.41, 5.74) is 1.71. The summed E-state index contributed by atoms with van der Waals surface area (Å²) in [5.74, 6) is -1.06. The number of aromatic amines is 1. The van der Waals surface area contributed by atoms with Crippen LogP contribution in [0, 0.1) is 0 Å². The molecule has 2 aromatic rings. The minimum absolute atomic E-state index is 0.508. The number of hydrogen-bond acceptors (Lipinski definition) is 4. The molecule has 4 nitrogen and oxygen atoms in total. The zero-order valence-electron chi connectivity index (χ0n) is 9.07. The van der Waals surface area contributed by atoms with E-state index in [-0.39, 0.29) is 0 Å². The third-order valence-corrected chi connectivity index (χ3v) is 4.03. The van der Waals surface area contributed by atoms with Crippen LogP contribution >= 0.6 is 27.7 Å². The Hall–Kier alpha value is -1.01. The van der Waals surface area contributed by atoms with E-state index >= 15 is 0 Å². The Kier molecular flexibility index (Phi) is 3.73. The number of fused-ring (bicyclic) bond motifs is 1. The monoisotopic (exact) mass is 313 g/mol. The van der Waals surface area contributed by atoms with Gasteiger partial charge in [-0.25, -0.2) is 4.98 Å². The van der Waals surface area contributed by atoms with Crippen LogP contribution in [0.15, 0.2) is 27.8 Å².